The zero-order valence-electron chi connectivity index (χ0n) is 13.3. The van der Waals surface area contributed by atoms with Gasteiger partial charge in [-0.3, -0.25) is 9.59 Å². The van der Waals surface area contributed by atoms with Crippen LogP contribution in [0.3, 0.4) is 0 Å². The molecule has 2 heterocycles. The standard InChI is InChI=1S/C17H18FN3O3/c1-11-8-15(24-20-11)6-7-19-17(23)12-9-16(22)21(10-12)14-4-2-13(18)3-5-14/h2-5,8,12H,6-7,9-10H2,1H3,(H,19,23). The summed E-state index contributed by atoms with van der Waals surface area (Å²) in [4.78, 5) is 25.8. The Morgan fingerprint density at radius 1 is 1.42 bits per heavy atom. The van der Waals surface area contributed by atoms with Gasteiger partial charge in [-0.25, -0.2) is 4.39 Å². The zero-order chi connectivity index (χ0) is 17.1. The number of amides is 2. The van der Waals surface area contributed by atoms with Crippen LogP contribution in [0.5, 0.6) is 0 Å². The molecule has 0 aliphatic carbocycles. The van der Waals surface area contributed by atoms with Crippen LogP contribution in [0.15, 0.2) is 34.9 Å². The molecule has 6 nitrogen and oxygen atoms in total. The predicted octanol–water partition coefficient (Wildman–Crippen LogP) is 1.83. The van der Waals surface area contributed by atoms with Crippen molar-refractivity contribution < 1.29 is 18.5 Å². The van der Waals surface area contributed by atoms with Gasteiger partial charge in [-0.1, -0.05) is 5.16 Å². The Balaban J connectivity index is 1.53. The van der Waals surface area contributed by atoms with E-state index >= 15 is 0 Å². The van der Waals surface area contributed by atoms with E-state index in [1.54, 1.807) is 12.1 Å². The average Bonchev–Trinajstić information content (AvgIpc) is 3.14. The second-order valence-electron chi connectivity index (χ2n) is 5.86. The van der Waals surface area contributed by atoms with Gasteiger partial charge in [-0.15, -0.1) is 0 Å². The lowest BCUT2D eigenvalue weighted by molar-refractivity contribution is -0.126. The summed E-state index contributed by atoms with van der Waals surface area (Å²) < 4.78 is 18.1. The molecule has 0 bridgehead atoms. The molecule has 1 unspecified atom stereocenters. The molecule has 3 rings (SSSR count). The quantitative estimate of drug-likeness (QED) is 0.907. The first-order valence-electron chi connectivity index (χ1n) is 7.79. The monoisotopic (exact) mass is 331 g/mol. The first-order valence-corrected chi connectivity index (χ1v) is 7.79. The van der Waals surface area contributed by atoms with Crippen LogP contribution < -0.4 is 10.2 Å². The van der Waals surface area contributed by atoms with E-state index in [2.05, 4.69) is 10.5 Å². The lowest BCUT2D eigenvalue weighted by Gasteiger charge is -2.16. The van der Waals surface area contributed by atoms with Crippen LogP contribution in [0.2, 0.25) is 0 Å². The van der Waals surface area contributed by atoms with E-state index in [1.807, 2.05) is 13.0 Å². The summed E-state index contributed by atoms with van der Waals surface area (Å²) in [6.07, 6.45) is 0.708. The number of anilines is 1. The maximum atomic E-state index is 13.0. The summed E-state index contributed by atoms with van der Waals surface area (Å²) in [6.45, 7) is 2.56. The van der Waals surface area contributed by atoms with Crippen molar-refractivity contribution in [1.29, 1.82) is 0 Å². The van der Waals surface area contributed by atoms with Gasteiger partial charge in [0.15, 0.2) is 0 Å². The summed E-state index contributed by atoms with van der Waals surface area (Å²) in [7, 11) is 0. The van der Waals surface area contributed by atoms with Crippen LogP contribution in [0.1, 0.15) is 17.9 Å². The third-order valence-corrected chi connectivity index (χ3v) is 3.98. The Labute approximate surface area is 138 Å². The van der Waals surface area contributed by atoms with Gasteiger partial charge in [0, 0.05) is 37.7 Å². The Morgan fingerprint density at radius 3 is 2.83 bits per heavy atom. The van der Waals surface area contributed by atoms with Crippen LogP contribution >= 0.6 is 0 Å². The summed E-state index contributed by atoms with van der Waals surface area (Å²) in [5.41, 5.74) is 1.40. The second-order valence-corrected chi connectivity index (χ2v) is 5.86. The van der Waals surface area contributed by atoms with Crippen LogP contribution in [-0.4, -0.2) is 30.1 Å². The molecule has 1 saturated heterocycles. The van der Waals surface area contributed by atoms with Crippen molar-refractivity contribution >= 4 is 17.5 Å². The molecule has 0 radical (unpaired) electrons. The van der Waals surface area contributed by atoms with Gasteiger partial charge < -0.3 is 14.7 Å². The average molecular weight is 331 g/mol. The highest BCUT2D eigenvalue weighted by Crippen LogP contribution is 2.25. The first kappa shape index (κ1) is 16.2. The van der Waals surface area contributed by atoms with E-state index in [-0.39, 0.29) is 24.1 Å². The number of hydrogen-bond acceptors (Lipinski definition) is 4. The highest BCUT2D eigenvalue weighted by atomic mass is 19.1. The lowest BCUT2D eigenvalue weighted by atomic mass is 10.1. The SMILES string of the molecule is Cc1cc(CCNC(=O)C2CC(=O)N(c3ccc(F)cc3)C2)on1. The molecule has 1 aliphatic heterocycles. The molecular weight excluding hydrogens is 313 g/mol. The Hall–Kier alpha value is -2.70. The normalized spacial score (nSPS) is 17.3. The molecule has 1 aliphatic rings. The Bertz CT molecular complexity index is 742. The smallest absolute Gasteiger partial charge is 0.227 e. The van der Waals surface area contributed by atoms with Crippen LogP contribution in [-0.2, 0) is 16.0 Å². The topological polar surface area (TPSA) is 75.4 Å². The number of carbonyl (C=O) groups is 2. The van der Waals surface area contributed by atoms with Gasteiger partial charge in [0.2, 0.25) is 11.8 Å². The number of halogens is 1. The minimum absolute atomic E-state index is 0.132. The number of aromatic nitrogens is 1. The van der Waals surface area contributed by atoms with Crippen LogP contribution in [0.25, 0.3) is 0 Å². The fraction of sp³-hybridized carbons (Fsp3) is 0.353. The van der Waals surface area contributed by atoms with Crippen molar-refractivity contribution in [1.82, 2.24) is 10.5 Å². The number of nitrogens with one attached hydrogen (secondary N) is 1. The number of carbonyl (C=O) groups excluding carboxylic acids is 2. The largest absolute Gasteiger partial charge is 0.361 e. The minimum Gasteiger partial charge on any atom is -0.361 e. The van der Waals surface area contributed by atoms with Gasteiger partial charge in [-0.2, -0.15) is 0 Å². The summed E-state index contributed by atoms with van der Waals surface area (Å²) in [6, 6.07) is 7.51. The van der Waals surface area contributed by atoms with E-state index in [0.717, 1.165) is 5.69 Å². The number of aryl methyl sites for hydroxylation is 1. The molecule has 1 N–H and O–H groups in total. The van der Waals surface area contributed by atoms with Gasteiger partial charge in [-0.05, 0) is 31.2 Å². The van der Waals surface area contributed by atoms with Gasteiger partial charge >= 0.3 is 0 Å². The first-order chi connectivity index (χ1) is 11.5. The fourth-order valence-electron chi connectivity index (χ4n) is 2.74. The van der Waals surface area contributed by atoms with E-state index in [9.17, 15) is 14.0 Å². The molecule has 7 heteroatoms. The fourth-order valence-corrected chi connectivity index (χ4v) is 2.74. The summed E-state index contributed by atoms with van der Waals surface area (Å²) >= 11 is 0. The van der Waals surface area contributed by atoms with E-state index in [0.29, 0.717) is 31.0 Å². The van der Waals surface area contributed by atoms with Crippen LogP contribution in [0.4, 0.5) is 10.1 Å². The minimum atomic E-state index is -0.404. The molecule has 2 aromatic rings. The molecule has 1 aromatic heterocycles. The van der Waals surface area contributed by atoms with E-state index in [4.69, 9.17) is 4.52 Å². The van der Waals surface area contributed by atoms with Gasteiger partial charge in [0.1, 0.15) is 11.6 Å². The number of benzene rings is 1. The van der Waals surface area contributed by atoms with Crippen molar-refractivity contribution in [2.24, 2.45) is 5.92 Å². The van der Waals surface area contributed by atoms with Crippen molar-refractivity contribution in [3.63, 3.8) is 0 Å². The Morgan fingerprint density at radius 2 is 2.17 bits per heavy atom. The van der Waals surface area contributed by atoms with Crippen molar-refractivity contribution in [3.8, 4) is 0 Å². The third kappa shape index (κ3) is 3.61. The highest BCUT2D eigenvalue weighted by molar-refractivity contribution is 6.00. The molecule has 126 valence electrons. The van der Waals surface area contributed by atoms with Crippen molar-refractivity contribution in [2.45, 2.75) is 19.8 Å². The maximum Gasteiger partial charge on any atom is 0.227 e. The van der Waals surface area contributed by atoms with E-state index in [1.165, 1.54) is 17.0 Å². The van der Waals surface area contributed by atoms with Gasteiger partial charge in [0.05, 0.1) is 11.6 Å². The zero-order valence-corrected chi connectivity index (χ0v) is 13.3. The molecule has 1 aromatic carbocycles. The second kappa shape index (κ2) is 6.82. The molecule has 0 saturated carbocycles. The summed E-state index contributed by atoms with van der Waals surface area (Å²) in [5.74, 6) is -0.346. The third-order valence-electron chi connectivity index (χ3n) is 3.98. The van der Waals surface area contributed by atoms with Crippen molar-refractivity contribution in [3.05, 3.63) is 47.6 Å². The van der Waals surface area contributed by atoms with E-state index < -0.39 is 5.92 Å². The Kier molecular flexibility index (Phi) is 4.59. The maximum absolute atomic E-state index is 13.0. The number of hydrogen-bond donors (Lipinski definition) is 1. The highest BCUT2D eigenvalue weighted by Gasteiger charge is 2.34. The van der Waals surface area contributed by atoms with Crippen molar-refractivity contribution in [2.75, 3.05) is 18.0 Å². The molecule has 0 spiro atoms. The predicted molar refractivity (Wildman–Crippen MR) is 84.8 cm³/mol. The summed E-state index contributed by atoms with van der Waals surface area (Å²) in [5, 5.41) is 6.60. The molecular formula is C17H18FN3O3. The number of nitrogens with zero attached hydrogens (tertiary/aromatic N) is 2. The molecule has 2 amide bonds. The lowest BCUT2D eigenvalue weighted by Crippen LogP contribution is -2.34. The molecule has 1 atom stereocenters. The molecule has 1 fully saturated rings. The number of rotatable bonds is 5. The van der Waals surface area contributed by atoms with Gasteiger partial charge in [0.25, 0.3) is 0 Å². The molecule has 24 heavy (non-hydrogen) atoms. The van der Waals surface area contributed by atoms with Crippen LogP contribution in [0, 0.1) is 18.7 Å².